The van der Waals surface area contributed by atoms with E-state index in [1.54, 1.807) is 18.2 Å². The Balaban J connectivity index is 0.00000370. The second-order valence-electron chi connectivity index (χ2n) is 9.30. The van der Waals surface area contributed by atoms with Crippen molar-refractivity contribution in [1.82, 2.24) is 14.9 Å². The van der Waals surface area contributed by atoms with E-state index in [4.69, 9.17) is 0 Å². The molecule has 2 amide bonds. The molecule has 0 saturated carbocycles. The van der Waals surface area contributed by atoms with Crippen LogP contribution in [0.1, 0.15) is 4.88 Å². The first-order valence-corrected chi connectivity index (χ1v) is 15.4. The fraction of sp³-hybridized carbons (Fsp3) is 0.269. The Kier molecular flexibility index (Phi) is 9.35. The van der Waals surface area contributed by atoms with E-state index in [9.17, 15) is 27.9 Å². The molecule has 2 aromatic carbocycles. The number of carbonyl (C=O) groups excluding carboxylic acids is 3. The molecule has 1 fully saturated rings. The molecule has 204 valence electrons. The zero-order valence-corrected chi connectivity index (χ0v) is 26.5. The van der Waals surface area contributed by atoms with Crippen LogP contribution in [0.3, 0.4) is 0 Å². The number of nitrogens with one attached hydrogen (secondary N) is 2. The van der Waals surface area contributed by atoms with Crippen LogP contribution >= 0.6 is 23.1 Å². The minimum atomic E-state index is -4.04. The first-order valence-electron chi connectivity index (χ1n) is 12.0. The number of benzene rings is 2. The number of rotatable bonds is 9. The maximum absolute atomic E-state index is 13.3. The number of carbonyl (C=O) groups is 3. The van der Waals surface area contributed by atoms with Gasteiger partial charge in [0.25, 0.3) is 5.91 Å². The molecule has 0 radical (unpaired) electrons. The molecule has 2 aliphatic heterocycles. The van der Waals surface area contributed by atoms with Crippen molar-refractivity contribution in [2.45, 2.75) is 22.7 Å². The van der Waals surface area contributed by atoms with Crippen LogP contribution in [0, 0.1) is 0 Å². The van der Waals surface area contributed by atoms with E-state index in [1.807, 2.05) is 48.6 Å². The van der Waals surface area contributed by atoms with Gasteiger partial charge in [0.2, 0.25) is 15.9 Å². The number of anilines is 1. The number of β-lactam (4-membered cyclic amide) rings is 1. The molecule has 40 heavy (non-hydrogen) atoms. The summed E-state index contributed by atoms with van der Waals surface area (Å²) in [6.45, 7) is -0.311. The monoisotopic (exact) mass is 608 g/mol. The molecule has 3 aromatic rings. The minimum absolute atomic E-state index is 0. The molecule has 14 heteroatoms. The predicted molar refractivity (Wildman–Crippen MR) is 149 cm³/mol. The van der Waals surface area contributed by atoms with Crippen molar-refractivity contribution < 1.29 is 57.5 Å². The summed E-state index contributed by atoms with van der Waals surface area (Å²) in [6, 6.07) is 13.1. The number of aliphatic carboxylic acids is 1. The molecule has 1 saturated heterocycles. The van der Waals surface area contributed by atoms with Gasteiger partial charge >= 0.3 is 29.6 Å². The van der Waals surface area contributed by atoms with E-state index >= 15 is 0 Å². The van der Waals surface area contributed by atoms with Crippen LogP contribution in [0.5, 0.6) is 0 Å². The molecule has 3 heterocycles. The number of carboxylic acids is 1. The minimum Gasteiger partial charge on any atom is -0.543 e. The number of amides is 2. The average Bonchev–Trinajstić information content (AvgIpc) is 3.42. The number of nitrogens with zero attached hydrogens (tertiary/aromatic N) is 2. The summed E-state index contributed by atoms with van der Waals surface area (Å²) in [5.74, 6) is -2.33. The Labute approximate surface area is 262 Å². The molecule has 2 N–H and O–H groups in total. The third kappa shape index (κ3) is 5.82. The maximum atomic E-state index is 13.3. The fourth-order valence-electron chi connectivity index (χ4n) is 4.75. The van der Waals surface area contributed by atoms with Gasteiger partial charge < -0.3 is 20.1 Å². The van der Waals surface area contributed by atoms with Crippen LogP contribution in [0.4, 0.5) is 5.69 Å². The van der Waals surface area contributed by atoms with Crippen molar-refractivity contribution in [1.29, 1.82) is 0 Å². The largest absolute Gasteiger partial charge is 1.00 e. The van der Waals surface area contributed by atoms with Gasteiger partial charge in [-0.05, 0) is 29.2 Å². The number of thioether (sulfide) groups is 1. The SMILES string of the molecule is CN(C)c1cccc2c(S(=O)(=O)NCC3=C(C(=O)[O-])N4C(=O)[C@@H](NC(=O)Cc5cccs5)[C@H]4SC3)cccc12.[Na+]. The van der Waals surface area contributed by atoms with Crippen molar-refractivity contribution in [3.8, 4) is 0 Å². The van der Waals surface area contributed by atoms with Crippen molar-refractivity contribution in [3.63, 3.8) is 0 Å². The zero-order valence-electron chi connectivity index (χ0n) is 22.0. The average molecular weight is 609 g/mol. The van der Waals surface area contributed by atoms with Crippen LogP contribution in [0.25, 0.3) is 10.8 Å². The topological polar surface area (TPSA) is 139 Å². The molecular formula is C26H25N4NaO6S3. The Hall–Kier alpha value is -2.39. The van der Waals surface area contributed by atoms with Gasteiger partial charge in [-0.1, -0.05) is 30.3 Å². The molecule has 1 aromatic heterocycles. The van der Waals surface area contributed by atoms with E-state index in [0.717, 1.165) is 20.9 Å². The first-order chi connectivity index (χ1) is 18.6. The number of thiophene rings is 1. The molecule has 0 unspecified atom stereocenters. The molecule has 10 nitrogen and oxygen atoms in total. The van der Waals surface area contributed by atoms with Crippen LogP contribution in [-0.4, -0.2) is 68.9 Å². The van der Waals surface area contributed by atoms with Crippen molar-refractivity contribution in [3.05, 3.63) is 70.1 Å². The van der Waals surface area contributed by atoms with Gasteiger partial charge in [0.05, 0.1) is 23.0 Å². The van der Waals surface area contributed by atoms with Gasteiger partial charge in [0.1, 0.15) is 11.4 Å². The number of hydrogen-bond donors (Lipinski definition) is 2. The summed E-state index contributed by atoms with van der Waals surface area (Å²) in [5.41, 5.74) is 0.711. The van der Waals surface area contributed by atoms with Crippen molar-refractivity contribution >= 4 is 67.4 Å². The summed E-state index contributed by atoms with van der Waals surface area (Å²) in [5, 5.41) is 17.3. The Morgan fingerprint density at radius 3 is 2.50 bits per heavy atom. The molecule has 2 aliphatic rings. The van der Waals surface area contributed by atoms with Crippen LogP contribution in [-0.2, 0) is 30.8 Å². The third-order valence-electron chi connectivity index (χ3n) is 6.58. The summed E-state index contributed by atoms with van der Waals surface area (Å²) in [7, 11) is -0.305. The molecule has 2 atom stereocenters. The maximum Gasteiger partial charge on any atom is 1.00 e. The Morgan fingerprint density at radius 1 is 1.10 bits per heavy atom. The number of hydrogen-bond acceptors (Lipinski definition) is 9. The van der Waals surface area contributed by atoms with Crippen LogP contribution in [0.15, 0.2) is 70.1 Å². The smallest absolute Gasteiger partial charge is 0.543 e. The zero-order chi connectivity index (χ0) is 27.9. The summed E-state index contributed by atoms with van der Waals surface area (Å²) in [6.07, 6.45) is 0.124. The predicted octanol–water partition coefficient (Wildman–Crippen LogP) is -2.10. The van der Waals surface area contributed by atoms with E-state index in [-0.39, 0.29) is 70.3 Å². The normalized spacial score (nSPS) is 18.6. The van der Waals surface area contributed by atoms with Gasteiger partial charge in [0, 0.05) is 47.7 Å². The Morgan fingerprint density at radius 2 is 1.82 bits per heavy atom. The molecule has 0 bridgehead atoms. The molecule has 0 spiro atoms. The quantitative estimate of drug-likeness (QED) is 0.208. The number of fused-ring (bicyclic) bond motifs is 2. The van der Waals surface area contributed by atoms with Gasteiger partial charge in [-0.3, -0.25) is 14.5 Å². The van der Waals surface area contributed by atoms with E-state index < -0.39 is 33.3 Å². The second-order valence-corrected chi connectivity index (χ2v) is 13.2. The standard InChI is InChI=1S/C26H26N4O6S3.Na/c1-29(2)19-9-3-8-18-17(19)7-4-10-20(18)39(35,36)27-13-15-14-38-25-22(24(32)30(25)23(15)26(33)34)28-21(31)12-16-6-5-11-37-16;/h3-11,22,25,27H,12-14H2,1-2H3,(H,28,31)(H,33,34);/q;+1/p-1/t22-,25-;/m1./s1. The molecular weight excluding hydrogens is 583 g/mol. The van der Waals surface area contributed by atoms with Gasteiger partial charge in [-0.2, -0.15) is 0 Å². The van der Waals surface area contributed by atoms with E-state index in [2.05, 4.69) is 10.0 Å². The summed E-state index contributed by atoms with van der Waals surface area (Å²) < 4.78 is 29.2. The summed E-state index contributed by atoms with van der Waals surface area (Å²) in [4.78, 5) is 41.2. The van der Waals surface area contributed by atoms with Gasteiger partial charge in [0.15, 0.2) is 0 Å². The van der Waals surface area contributed by atoms with Crippen LogP contribution in [0.2, 0.25) is 0 Å². The fourth-order valence-corrected chi connectivity index (χ4v) is 8.05. The van der Waals surface area contributed by atoms with Crippen molar-refractivity contribution in [2.24, 2.45) is 0 Å². The number of sulfonamides is 1. The first kappa shape index (κ1) is 30.6. The summed E-state index contributed by atoms with van der Waals surface area (Å²) >= 11 is 2.69. The second kappa shape index (κ2) is 12.2. The van der Waals surface area contributed by atoms with E-state index in [1.165, 1.54) is 29.2 Å². The number of carboxylic acid groups (broad SMARTS) is 1. The molecule has 5 rings (SSSR count). The third-order valence-corrected chi connectivity index (χ3v) is 10.3. The van der Waals surface area contributed by atoms with Crippen molar-refractivity contribution in [2.75, 3.05) is 31.3 Å². The van der Waals surface area contributed by atoms with Gasteiger partial charge in [-0.25, -0.2) is 13.1 Å². The Bertz CT molecular complexity index is 1610. The molecule has 0 aliphatic carbocycles. The van der Waals surface area contributed by atoms with Crippen LogP contribution < -0.4 is 49.6 Å². The van der Waals surface area contributed by atoms with Gasteiger partial charge in [-0.15, -0.1) is 23.1 Å². The van der Waals surface area contributed by atoms with E-state index in [0.29, 0.717) is 5.39 Å².